The van der Waals surface area contributed by atoms with Crippen molar-refractivity contribution in [3.63, 3.8) is 0 Å². The molecule has 1 saturated heterocycles. The van der Waals surface area contributed by atoms with Crippen molar-refractivity contribution in [1.29, 1.82) is 0 Å². The van der Waals surface area contributed by atoms with E-state index in [0.29, 0.717) is 5.75 Å². The summed E-state index contributed by atoms with van der Waals surface area (Å²) in [6, 6.07) is 4.55. The lowest BCUT2D eigenvalue weighted by molar-refractivity contribution is -0.385. The van der Waals surface area contributed by atoms with Crippen molar-refractivity contribution in [2.75, 3.05) is 20.2 Å². The number of benzene rings is 1. The van der Waals surface area contributed by atoms with Gasteiger partial charge in [-0.2, -0.15) is 0 Å². The van der Waals surface area contributed by atoms with E-state index < -0.39 is 4.92 Å². The Kier molecular flexibility index (Phi) is 3.43. The maximum Gasteiger partial charge on any atom is 0.311 e. The Morgan fingerprint density at radius 2 is 2.35 bits per heavy atom. The largest absolute Gasteiger partial charge is 0.490 e. The van der Waals surface area contributed by atoms with Gasteiger partial charge in [0.05, 0.1) is 12.0 Å². The molecule has 1 heterocycles. The SMILES string of the molecule is COc1cc(OC2CCNC2)ccc1[N+](=O)[O-]. The lowest BCUT2D eigenvalue weighted by atomic mass is 10.2. The first-order chi connectivity index (χ1) is 8.20. The molecule has 0 amide bonds. The molecule has 2 rings (SSSR count). The average molecular weight is 238 g/mol. The molecule has 1 aromatic carbocycles. The summed E-state index contributed by atoms with van der Waals surface area (Å²) in [5.41, 5.74) is -0.0515. The molecule has 0 radical (unpaired) electrons. The lowest BCUT2D eigenvalue weighted by Crippen LogP contribution is -2.19. The highest BCUT2D eigenvalue weighted by molar-refractivity contribution is 5.50. The van der Waals surface area contributed by atoms with E-state index >= 15 is 0 Å². The summed E-state index contributed by atoms with van der Waals surface area (Å²) < 4.78 is 10.7. The third-order valence-electron chi connectivity index (χ3n) is 2.67. The maximum absolute atomic E-state index is 10.7. The predicted octanol–water partition coefficient (Wildman–Crippen LogP) is 1.34. The number of nitrogens with one attached hydrogen (secondary N) is 1. The topological polar surface area (TPSA) is 73.6 Å². The van der Waals surface area contributed by atoms with Crippen molar-refractivity contribution < 1.29 is 14.4 Å². The van der Waals surface area contributed by atoms with Crippen LogP contribution in [0.3, 0.4) is 0 Å². The van der Waals surface area contributed by atoms with Gasteiger partial charge in [0.2, 0.25) is 5.75 Å². The molecular weight excluding hydrogens is 224 g/mol. The summed E-state index contributed by atoms with van der Waals surface area (Å²) in [4.78, 5) is 10.2. The fourth-order valence-electron chi connectivity index (χ4n) is 1.80. The van der Waals surface area contributed by atoms with Crippen molar-refractivity contribution >= 4 is 5.69 Å². The summed E-state index contributed by atoms with van der Waals surface area (Å²) in [6.45, 7) is 1.74. The Labute approximate surface area is 98.7 Å². The Morgan fingerprint density at radius 1 is 1.53 bits per heavy atom. The van der Waals surface area contributed by atoms with Gasteiger partial charge in [-0.3, -0.25) is 10.1 Å². The van der Waals surface area contributed by atoms with Gasteiger partial charge in [0.25, 0.3) is 0 Å². The standard InChI is InChI=1S/C11H14N2O4/c1-16-11-6-8(2-3-10(11)13(14)15)17-9-4-5-12-7-9/h2-3,6,9,12H,4-5,7H2,1H3. The van der Waals surface area contributed by atoms with Gasteiger partial charge >= 0.3 is 5.69 Å². The summed E-state index contributed by atoms with van der Waals surface area (Å²) >= 11 is 0. The first kappa shape index (κ1) is 11.7. The van der Waals surface area contributed by atoms with Gasteiger partial charge in [0.15, 0.2) is 0 Å². The molecule has 1 aliphatic rings. The second-order valence-electron chi connectivity index (χ2n) is 3.82. The van der Waals surface area contributed by atoms with Crippen LogP contribution in [-0.4, -0.2) is 31.2 Å². The fraction of sp³-hybridized carbons (Fsp3) is 0.455. The van der Waals surface area contributed by atoms with Gasteiger partial charge in [0, 0.05) is 18.7 Å². The molecule has 1 unspecified atom stereocenters. The number of nitrogens with zero attached hydrogens (tertiary/aromatic N) is 1. The molecule has 1 fully saturated rings. The van der Waals surface area contributed by atoms with E-state index in [1.54, 1.807) is 12.1 Å². The number of ether oxygens (including phenoxy) is 2. The molecule has 1 aliphatic heterocycles. The van der Waals surface area contributed by atoms with Crippen LogP contribution in [0.4, 0.5) is 5.69 Å². The molecule has 6 nitrogen and oxygen atoms in total. The highest BCUT2D eigenvalue weighted by Gasteiger charge is 2.19. The van der Waals surface area contributed by atoms with Crippen LogP contribution in [0.2, 0.25) is 0 Å². The number of hydrogen-bond acceptors (Lipinski definition) is 5. The highest BCUT2D eigenvalue weighted by Crippen LogP contribution is 2.31. The summed E-state index contributed by atoms with van der Waals surface area (Å²) in [5.74, 6) is 0.819. The Morgan fingerprint density at radius 3 is 2.94 bits per heavy atom. The van der Waals surface area contributed by atoms with E-state index in [1.165, 1.54) is 13.2 Å². The van der Waals surface area contributed by atoms with Crippen LogP contribution in [0, 0.1) is 10.1 Å². The predicted molar refractivity (Wildman–Crippen MR) is 61.6 cm³/mol. The van der Waals surface area contributed by atoms with E-state index in [9.17, 15) is 10.1 Å². The van der Waals surface area contributed by atoms with Crippen molar-refractivity contribution in [3.8, 4) is 11.5 Å². The van der Waals surface area contributed by atoms with Gasteiger partial charge in [0.1, 0.15) is 11.9 Å². The van der Waals surface area contributed by atoms with Crippen LogP contribution >= 0.6 is 0 Å². The fourth-order valence-corrected chi connectivity index (χ4v) is 1.80. The molecule has 0 bridgehead atoms. The van der Waals surface area contributed by atoms with E-state index in [0.717, 1.165) is 19.5 Å². The number of rotatable bonds is 4. The Bertz CT molecular complexity index is 416. The summed E-state index contributed by atoms with van der Waals surface area (Å²) in [6.07, 6.45) is 1.07. The minimum absolute atomic E-state index is 0.0515. The molecule has 17 heavy (non-hydrogen) atoms. The van der Waals surface area contributed by atoms with Crippen LogP contribution in [0.1, 0.15) is 6.42 Å². The molecule has 1 atom stereocenters. The highest BCUT2D eigenvalue weighted by atomic mass is 16.6. The third kappa shape index (κ3) is 2.65. The normalized spacial score (nSPS) is 19.0. The van der Waals surface area contributed by atoms with Crippen LogP contribution in [0.5, 0.6) is 11.5 Å². The van der Waals surface area contributed by atoms with E-state index in [4.69, 9.17) is 9.47 Å². The molecule has 0 saturated carbocycles. The van der Waals surface area contributed by atoms with Crippen LogP contribution in [0.15, 0.2) is 18.2 Å². The van der Waals surface area contributed by atoms with Crippen molar-refractivity contribution in [3.05, 3.63) is 28.3 Å². The zero-order valence-corrected chi connectivity index (χ0v) is 9.51. The molecule has 6 heteroatoms. The molecule has 92 valence electrons. The zero-order valence-electron chi connectivity index (χ0n) is 9.51. The van der Waals surface area contributed by atoms with Gasteiger partial charge in [-0.25, -0.2) is 0 Å². The van der Waals surface area contributed by atoms with E-state index in [-0.39, 0.29) is 17.5 Å². The second-order valence-corrected chi connectivity index (χ2v) is 3.82. The van der Waals surface area contributed by atoms with Crippen molar-refractivity contribution in [2.45, 2.75) is 12.5 Å². The Hall–Kier alpha value is -1.82. The van der Waals surface area contributed by atoms with Gasteiger partial charge in [-0.05, 0) is 19.0 Å². The van der Waals surface area contributed by atoms with Crippen LogP contribution in [0.25, 0.3) is 0 Å². The van der Waals surface area contributed by atoms with Gasteiger partial charge in [-0.15, -0.1) is 0 Å². The van der Waals surface area contributed by atoms with Crippen LogP contribution < -0.4 is 14.8 Å². The first-order valence-electron chi connectivity index (χ1n) is 5.40. The molecule has 1 aromatic rings. The number of hydrogen-bond donors (Lipinski definition) is 1. The van der Waals surface area contributed by atoms with Crippen molar-refractivity contribution in [1.82, 2.24) is 5.32 Å². The molecule has 0 aliphatic carbocycles. The number of nitro groups is 1. The lowest BCUT2D eigenvalue weighted by Gasteiger charge is -2.13. The van der Waals surface area contributed by atoms with Gasteiger partial charge < -0.3 is 14.8 Å². The molecule has 1 N–H and O–H groups in total. The zero-order chi connectivity index (χ0) is 12.3. The Balaban J connectivity index is 2.15. The third-order valence-corrected chi connectivity index (χ3v) is 2.67. The maximum atomic E-state index is 10.7. The molecule has 0 aromatic heterocycles. The van der Waals surface area contributed by atoms with Gasteiger partial charge in [-0.1, -0.05) is 0 Å². The van der Waals surface area contributed by atoms with E-state index in [2.05, 4.69) is 5.32 Å². The summed E-state index contributed by atoms with van der Waals surface area (Å²) in [5, 5.41) is 13.9. The quantitative estimate of drug-likeness (QED) is 0.633. The summed E-state index contributed by atoms with van der Waals surface area (Å²) in [7, 11) is 1.41. The molecule has 0 spiro atoms. The number of nitro benzene ring substituents is 1. The smallest absolute Gasteiger partial charge is 0.311 e. The minimum Gasteiger partial charge on any atom is -0.490 e. The second kappa shape index (κ2) is 5.01. The monoisotopic (exact) mass is 238 g/mol. The average Bonchev–Trinajstić information content (AvgIpc) is 2.81. The molecular formula is C11H14N2O4. The van der Waals surface area contributed by atoms with E-state index in [1.807, 2.05) is 0 Å². The number of methoxy groups -OCH3 is 1. The first-order valence-corrected chi connectivity index (χ1v) is 5.40. The minimum atomic E-state index is -0.472. The van der Waals surface area contributed by atoms with Crippen molar-refractivity contribution in [2.24, 2.45) is 0 Å². The van der Waals surface area contributed by atoms with Crippen LogP contribution in [-0.2, 0) is 0 Å².